The van der Waals surface area contributed by atoms with Crippen molar-refractivity contribution in [2.24, 2.45) is 7.05 Å². The zero-order valence-corrected chi connectivity index (χ0v) is 14.7. The Morgan fingerprint density at radius 1 is 1.12 bits per heavy atom. The Kier molecular flexibility index (Phi) is 4.08. The second kappa shape index (κ2) is 6.55. The van der Waals surface area contributed by atoms with Gasteiger partial charge in [-0.2, -0.15) is 5.10 Å². The summed E-state index contributed by atoms with van der Waals surface area (Å²) in [7, 11) is 1.78. The fourth-order valence-electron chi connectivity index (χ4n) is 3.10. The smallest absolute Gasteiger partial charge is 0.277 e. The predicted molar refractivity (Wildman–Crippen MR) is 97.3 cm³/mol. The summed E-state index contributed by atoms with van der Waals surface area (Å²) in [5.74, 6) is 0.643. The van der Waals surface area contributed by atoms with Crippen LogP contribution in [0.1, 0.15) is 30.4 Å². The molecule has 0 radical (unpaired) electrons. The normalized spacial score (nSPS) is 11.3. The SMILES string of the molecule is CCCc1nn(C)c2c(=O)[nH]c(Cc3ccc(-n4cnnc4)cc3)nc12. The molecule has 1 aromatic carbocycles. The molecule has 26 heavy (non-hydrogen) atoms. The molecule has 4 aromatic rings. The fourth-order valence-corrected chi connectivity index (χ4v) is 3.10. The molecule has 0 atom stereocenters. The summed E-state index contributed by atoms with van der Waals surface area (Å²) < 4.78 is 3.45. The van der Waals surface area contributed by atoms with Gasteiger partial charge in [0.25, 0.3) is 5.56 Å². The zero-order valence-electron chi connectivity index (χ0n) is 14.7. The van der Waals surface area contributed by atoms with Crippen molar-refractivity contribution < 1.29 is 0 Å². The lowest BCUT2D eigenvalue weighted by atomic mass is 10.1. The van der Waals surface area contributed by atoms with Crippen LogP contribution in [-0.2, 0) is 19.9 Å². The lowest BCUT2D eigenvalue weighted by Gasteiger charge is -2.05. The van der Waals surface area contributed by atoms with E-state index in [1.165, 1.54) is 0 Å². The molecule has 0 aliphatic rings. The molecule has 0 aliphatic heterocycles. The molecule has 3 aromatic heterocycles. The van der Waals surface area contributed by atoms with Gasteiger partial charge in [-0.3, -0.25) is 14.0 Å². The molecule has 8 heteroatoms. The Labute approximate surface area is 149 Å². The van der Waals surface area contributed by atoms with Crippen LogP contribution in [0.2, 0.25) is 0 Å². The minimum atomic E-state index is -0.150. The van der Waals surface area contributed by atoms with Crippen LogP contribution in [0.4, 0.5) is 0 Å². The van der Waals surface area contributed by atoms with E-state index >= 15 is 0 Å². The topological polar surface area (TPSA) is 94.3 Å². The fraction of sp³-hybridized carbons (Fsp3) is 0.278. The predicted octanol–water partition coefficient (Wildman–Crippen LogP) is 1.78. The van der Waals surface area contributed by atoms with Crippen molar-refractivity contribution in [3.63, 3.8) is 0 Å². The maximum absolute atomic E-state index is 12.5. The molecular weight excluding hydrogens is 330 g/mol. The Bertz CT molecular complexity index is 1090. The van der Waals surface area contributed by atoms with E-state index in [1.807, 2.05) is 28.8 Å². The van der Waals surface area contributed by atoms with Crippen molar-refractivity contribution in [2.45, 2.75) is 26.2 Å². The van der Waals surface area contributed by atoms with E-state index < -0.39 is 0 Å². The van der Waals surface area contributed by atoms with Gasteiger partial charge in [-0.25, -0.2) is 4.98 Å². The van der Waals surface area contributed by atoms with Gasteiger partial charge in [0.1, 0.15) is 24.0 Å². The monoisotopic (exact) mass is 349 g/mol. The number of H-pyrrole nitrogens is 1. The van der Waals surface area contributed by atoms with E-state index in [4.69, 9.17) is 0 Å². The number of fused-ring (bicyclic) bond motifs is 1. The number of aryl methyl sites for hydroxylation is 2. The second-order valence-corrected chi connectivity index (χ2v) is 6.24. The highest BCUT2D eigenvalue weighted by Crippen LogP contribution is 2.16. The van der Waals surface area contributed by atoms with Gasteiger partial charge in [-0.1, -0.05) is 25.5 Å². The van der Waals surface area contributed by atoms with Crippen LogP contribution >= 0.6 is 0 Å². The van der Waals surface area contributed by atoms with E-state index in [2.05, 4.69) is 32.2 Å². The van der Waals surface area contributed by atoms with Gasteiger partial charge in [-0.05, 0) is 24.1 Å². The largest absolute Gasteiger partial charge is 0.308 e. The molecule has 8 nitrogen and oxygen atoms in total. The van der Waals surface area contributed by atoms with Gasteiger partial charge in [0.2, 0.25) is 0 Å². The summed E-state index contributed by atoms with van der Waals surface area (Å²) in [6, 6.07) is 8.00. The number of rotatable bonds is 5. The zero-order chi connectivity index (χ0) is 18.1. The van der Waals surface area contributed by atoms with Gasteiger partial charge in [0, 0.05) is 19.2 Å². The van der Waals surface area contributed by atoms with Crippen LogP contribution in [0.3, 0.4) is 0 Å². The lowest BCUT2D eigenvalue weighted by molar-refractivity contribution is 0.750. The molecule has 4 rings (SSSR count). The molecule has 0 saturated heterocycles. The van der Waals surface area contributed by atoms with Crippen LogP contribution < -0.4 is 5.56 Å². The van der Waals surface area contributed by atoms with E-state index in [0.717, 1.165) is 29.8 Å². The Morgan fingerprint density at radius 2 is 1.85 bits per heavy atom. The molecule has 0 fully saturated rings. The van der Waals surface area contributed by atoms with Crippen molar-refractivity contribution >= 4 is 11.0 Å². The first-order valence-electron chi connectivity index (χ1n) is 8.54. The molecule has 1 N–H and O–H groups in total. The van der Waals surface area contributed by atoms with E-state index in [0.29, 0.717) is 23.3 Å². The van der Waals surface area contributed by atoms with Crippen molar-refractivity contribution in [3.05, 3.63) is 64.4 Å². The minimum absolute atomic E-state index is 0.150. The summed E-state index contributed by atoms with van der Waals surface area (Å²) in [6.07, 6.45) is 5.62. The van der Waals surface area contributed by atoms with E-state index in [9.17, 15) is 4.79 Å². The molecule has 0 aliphatic carbocycles. The molecule has 0 spiro atoms. The van der Waals surface area contributed by atoms with Gasteiger partial charge in [0.15, 0.2) is 5.52 Å². The summed E-state index contributed by atoms with van der Waals surface area (Å²) in [5.41, 5.74) is 4.00. The molecule has 132 valence electrons. The Hall–Kier alpha value is -3.29. The highest BCUT2D eigenvalue weighted by molar-refractivity contribution is 5.76. The van der Waals surface area contributed by atoms with Crippen LogP contribution in [0.5, 0.6) is 0 Å². The Balaban J connectivity index is 1.66. The van der Waals surface area contributed by atoms with Crippen molar-refractivity contribution in [3.8, 4) is 5.69 Å². The van der Waals surface area contributed by atoms with E-state index in [-0.39, 0.29) is 5.56 Å². The standard InChI is InChI=1S/C18H19N7O/c1-3-4-14-16-17(24(2)23-14)18(26)22-15(21-16)9-12-5-7-13(8-6-12)25-10-19-20-11-25/h5-8,10-11H,3-4,9H2,1-2H3,(H,21,22,26). The van der Waals surface area contributed by atoms with Gasteiger partial charge in [0.05, 0.1) is 5.69 Å². The first kappa shape index (κ1) is 16.2. The van der Waals surface area contributed by atoms with Crippen LogP contribution in [0.25, 0.3) is 16.7 Å². The van der Waals surface area contributed by atoms with Crippen LogP contribution in [-0.4, -0.2) is 34.5 Å². The second-order valence-electron chi connectivity index (χ2n) is 6.24. The summed E-state index contributed by atoms with van der Waals surface area (Å²) in [5, 5.41) is 12.1. The molecular formula is C18H19N7O. The number of nitrogens with one attached hydrogen (secondary N) is 1. The van der Waals surface area contributed by atoms with E-state index in [1.54, 1.807) is 24.4 Å². The highest BCUT2D eigenvalue weighted by atomic mass is 16.1. The summed E-state index contributed by atoms with van der Waals surface area (Å²) in [4.78, 5) is 20.0. The molecule has 0 bridgehead atoms. The number of aromatic amines is 1. The quantitative estimate of drug-likeness (QED) is 0.593. The van der Waals surface area contributed by atoms with Crippen molar-refractivity contribution in [1.82, 2.24) is 34.5 Å². The van der Waals surface area contributed by atoms with Crippen molar-refractivity contribution in [2.75, 3.05) is 0 Å². The average Bonchev–Trinajstić information content (AvgIpc) is 3.25. The third-order valence-corrected chi connectivity index (χ3v) is 4.32. The summed E-state index contributed by atoms with van der Waals surface area (Å²) >= 11 is 0. The van der Waals surface area contributed by atoms with Crippen LogP contribution in [0.15, 0.2) is 41.7 Å². The number of nitrogens with zero attached hydrogens (tertiary/aromatic N) is 6. The lowest BCUT2D eigenvalue weighted by Crippen LogP contribution is -2.14. The van der Waals surface area contributed by atoms with Gasteiger partial charge < -0.3 is 4.98 Å². The van der Waals surface area contributed by atoms with Gasteiger partial charge in [-0.15, -0.1) is 10.2 Å². The number of aromatic nitrogens is 7. The maximum Gasteiger partial charge on any atom is 0.277 e. The number of benzene rings is 1. The molecule has 0 unspecified atom stereocenters. The first-order valence-corrected chi connectivity index (χ1v) is 8.54. The van der Waals surface area contributed by atoms with Gasteiger partial charge >= 0.3 is 0 Å². The van der Waals surface area contributed by atoms with Crippen LogP contribution in [0, 0.1) is 0 Å². The Morgan fingerprint density at radius 3 is 2.54 bits per heavy atom. The summed E-state index contributed by atoms with van der Waals surface area (Å²) in [6.45, 7) is 2.09. The third kappa shape index (κ3) is 2.90. The van der Waals surface area contributed by atoms with Crippen molar-refractivity contribution in [1.29, 1.82) is 0 Å². The first-order chi connectivity index (χ1) is 12.7. The minimum Gasteiger partial charge on any atom is -0.308 e. The number of hydrogen-bond donors (Lipinski definition) is 1. The molecule has 3 heterocycles. The molecule has 0 saturated carbocycles. The maximum atomic E-state index is 12.5. The highest BCUT2D eigenvalue weighted by Gasteiger charge is 2.14. The third-order valence-electron chi connectivity index (χ3n) is 4.32. The average molecular weight is 349 g/mol. The number of hydrogen-bond acceptors (Lipinski definition) is 5. The molecule has 0 amide bonds.